The topological polar surface area (TPSA) is 79.4 Å². The summed E-state index contributed by atoms with van der Waals surface area (Å²) in [4.78, 5) is 11.3. The van der Waals surface area contributed by atoms with Gasteiger partial charge >= 0.3 is 0 Å². The maximum absolute atomic E-state index is 12.7. The molecule has 1 aliphatic rings. The number of nitrogens with one attached hydrogen (secondary N) is 2. The van der Waals surface area contributed by atoms with Crippen LogP contribution in [0.5, 0.6) is 5.75 Å². The highest BCUT2D eigenvalue weighted by Gasteiger charge is 2.18. The van der Waals surface area contributed by atoms with E-state index in [1.54, 1.807) is 26.6 Å². The zero-order chi connectivity index (χ0) is 23.6. The lowest BCUT2D eigenvalue weighted by Gasteiger charge is -2.17. The standard InChI is InChI=1S/C24H29ClN5O2P/c1-30-11-9-16-13-20(21(32-2)14-17(16)10-12-30)28-24-26-15-18(25)23(29-24)27-19-7-5-6-8-22(19)33(3,4)31/h5-8,13-15H,9-12H2,1-4H3,(H2,26,27,28,29). The van der Waals surface area contributed by atoms with Crippen LogP contribution in [-0.4, -0.2) is 55.4 Å². The highest BCUT2D eigenvalue weighted by molar-refractivity contribution is 7.70. The summed E-state index contributed by atoms with van der Waals surface area (Å²) in [5.74, 6) is 1.57. The number of anilines is 4. The van der Waals surface area contributed by atoms with Crippen LogP contribution in [0.15, 0.2) is 42.6 Å². The van der Waals surface area contributed by atoms with Gasteiger partial charge in [0.15, 0.2) is 5.82 Å². The SMILES string of the molecule is COc1cc2c(cc1Nc1ncc(Cl)c(Nc3ccccc3P(C)(C)=O)n1)CCN(C)CC2. The number of halogens is 1. The van der Waals surface area contributed by atoms with Crippen molar-refractivity contribution in [3.63, 3.8) is 0 Å². The summed E-state index contributed by atoms with van der Waals surface area (Å²) in [5.41, 5.74) is 4.12. The molecular weight excluding hydrogens is 457 g/mol. The first-order chi connectivity index (χ1) is 15.7. The van der Waals surface area contributed by atoms with Crippen molar-refractivity contribution in [3.05, 3.63) is 58.7 Å². The zero-order valence-corrected chi connectivity index (χ0v) is 21.0. The zero-order valence-electron chi connectivity index (χ0n) is 19.4. The van der Waals surface area contributed by atoms with E-state index in [-0.39, 0.29) is 0 Å². The lowest BCUT2D eigenvalue weighted by atomic mass is 10.0. The molecule has 0 aliphatic carbocycles. The second kappa shape index (κ2) is 9.72. The molecule has 0 bridgehead atoms. The van der Waals surface area contributed by atoms with E-state index in [2.05, 4.69) is 44.7 Å². The molecule has 0 radical (unpaired) electrons. The molecule has 2 heterocycles. The number of benzene rings is 2. The molecule has 0 saturated heterocycles. The molecule has 0 saturated carbocycles. The maximum Gasteiger partial charge on any atom is 0.229 e. The summed E-state index contributed by atoms with van der Waals surface area (Å²) < 4.78 is 18.4. The van der Waals surface area contributed by atoms with Gasteiger partial charge in [-0.15, -0.1) is 0 Å². The molecule has 174 valence electrons. The second-order valence-corrected chi connectivity index (χ2v) is 12.2. The van der Waals surface area contributed by atoms with Gasteiger partial charge in [0.2, 0.25) is 5.95 Å². The molecule has 1 aromatic heterocycles. The van der Waals surface area contributed by atoms with Crippen LogP contribution in [0.3, 0.4) is 0 Å². The molecule has 2 N–H and O–H groups in total. The molecule has 1 aliphatic heterocycles. The van der Waals surface area contributed by atoms with E-state index in [4.69, 9.17) is 16.3 Å². The molecule has 9 heteroatoms. The first-order valence-electron chi connectivity index (χ1n) is 10.8. The van der Waals surface area contributed by atoms with E-state index in [0.717, 1.165) is 42.7 Å². The third-order valence-corrected chi connectivity index (χ3v) is 7.60. The first kappa shape index (κ1) is 23.6. The van der Waals surface area contributed by atoms with Gasteiger partial charge in [0.05, 0.1) is 24.7 Å². The first-order valence-corrected chi connectivity index (χ1v) is 13.8. The number of nitrogens with zero attached hydrogens (tertiary/aromatic N) is 3. The van der Waals surface area contributed by atoms with Gasteiger partial charge in [0.25, 0.3) is 0 Å². The van der Waals surface area contributed by atoms with Crippen LogP contribution in [0.1, 0.15) is 11.1 Å². The highest BCUT2D eigenvalue weighted by Crippen LogP contribution is 2.39. The van der Waals surface area contributed by atoms with Gasteiger partial charge in [0.1, 0.15) is 17.9 Å². The minimum Gasteiger partial charge on any atom is -0.495 e. The van der Waals surface area contributed by atoms with Gasteiger partial charge in [0, 0.05) is 18.4 Å². The quantitative estimate of drug-likeness (QED) is 0.480. The Bertz CT molecular complexity index is 1210. The summed E-state index contributed by atoms with van der Waals surface area (Å²) in [5, 5.41) is 7.63. The Morgan fingerprint density at radius 1 is 1.06 bits per heavy atom. The molecule has 7 nitrogen and oxygen atoms in total. The number of rotatable bonds is 6. The molecule has 3 aromatic rings. The molecule has 0 atom stereocenters. The maximum atomic E-state index is 12.7. The Kier molecular flexibility index (Phi) is 6.94. The Balaban J connectivity index is 1.64. The van der Waals surface area contributed by atoms with E-state index in [1.807, 2.05) is 24.3 Å². The van der Waals surface area contributed by atoms with Gasteiger partial charge in [-0.3, -0.25) is 0 Å². The molecule has 0 unspecified atom stereocenters. The monoisotopic (exact) mass is 485 g/mol. The number of likely N-dealkylation sites (N-methyl/N-ethyl adjacent to an activating group) is 1. The lowest BCUT2D eigenvalue weighted by Crippen LogP contribution is -2.20. The van der Waals surface area contributed by atoms with E-state index in [9.17, 15) is 4.57 Å². The Morgan fingerprint density at radius 3 is 2.45 bits per heavy atom. The van der Waals surface area contributed by atoms with Gasteiger partial charge in [-0.1, -0.05) is 23.7 Å². The van der Waals surface area contributed by atoms with Crippen LogP contribution in [0.25, 0.3) is 0 Å². The predicted octanol–water partition coefficient (Wildman–Crippen LogP) is 4.90. The van der Waals surface area contributed by atoms with Crippen molar-refractivity contribution in [1.82, 2.24) is 14.9 Å². The highest BCUT2D eigenvalue weighted by atomic mass is 35.5. The number of aromatic nitrogens is 2. The molecule has 0 spiro atoms. The summed E-state index contributed by atoms with van der Waals surface area (Å²) in [6.45, 7) is 5.53. The number of hydrogen-bond donors (Lipinski definition) is 2. The van der Waals surface area contributed by atoms with Crippen LogP contribution < -0.4 is 20.7 Å². The number of fused-ring (bicyclic) bond motifs is 1. The predicted molar refractivity (Wildman–Crippen MR) is 137 cm³/mol. The lowest BCUT2D eigenvalue weighted by molar-refractivity contribution is 0.352. The van der Waals surface area contributed by atoms with Crippen molar-refractivity contribution >= 4 is 47.2 Å². The van der Waals surface area contributed by atoms with Crippen LogP contribution in [-0.2, 0) is 17.4 Å². The van der Waals surface area contributed by atoms with Crippen molar-refractivity contribution in [2.45, 2.75) is 12.8 Å². The van der Waals surface area contributed by atoms with Crippen molar-refractivity contribution < 1.29 is 9.30 Å². The largest absolute Gasteiger partial charge is 0.495 e. The summed E-state index contributed by atoms with van der Waals surface area (Å²) in [7, 11) is 1.32. The minimum atomic E-state index is -2.49. The third kappa shape index (κ3) is 5.49. The summed E-state index contributed by atoms with van der Waals surface area (Å²) in [6.07, 6.45) is 3.51. The Labute approximate surface area is 199 Å². The normalized spacial score (nSPS) is 14.3. The average molecular weight is 486 g/mol. The Hall–Kier alpha value is -2.60. The summed E-state index contributed by atoms with van der Waals surface area (Å²) in [6, 6.07) is 11.7. The molecular formula is C24H29ClN5O2P. The number of para-hydroxylation sites is 1. The second-order valence-electron chi connectivity index (χ2n) is 8.63. The van der Waals surface area contributed by atoms with Gasteiger partial charge < -0.3 is 24.8 Å². The van der Waals surface area contributed by atoms with E-state index in [0.29, 0.717) is 22.5 Å². The molecule has 0 amide bonds. The fourth-order valence-electron chi connectivity index (χ4n) is 3.95. The fourth-order valence-corrected chi connectivity index (χ4v) is 5.24. The van der Waals surface area contributed by atoms with Crippen molar-refractivity contribution in [2.24, 2.45) is 0 Å². The van der Waals surface area contributed by atoms with Crippen molar-refractivity contribution in [2.75, 3.05) is 51.2 Å². The van der Waals surface area contributed by atoms with Gasteiger partial charge in [-0.2, -0.15) is 4.98 Å². The number of hydrogen-bond acceptors (Lipinski definition) is 7. The van der Waals surface area contributed by atoms with E-state index < -0.39 is 7.14 Å². The van der Waals surface area contributed by atoms with Crippen LogP contribution in [0, 0.1) is 0 Å². The van der Waals surface area contributed by atoms with Gasteiger partial charge in [-0.05, 0) is 68.6 Å². The minimum absolute atomic E-state index is 0.370. The third-order valence-electron chi connectivity index (χ3n) is 5.78. The van der Waals surface area contributed by atoms with Crippen LogP contribution in [0.4, 0.5) is 23.1 Å². The van der Waals surface area contributed by atoms with E-state index in [1.165, 1.54) is 11.1 Å². The number of ether oxygens (including phenoxy) is 1. The Morgan fingerprint density at radius 2 is 1.76 bits per heavy atom. The van der Waals surface area contributed by atoms with Crippen molar-refractivity contribution in [3.8, 4) is 5.75 Å². The van der Waals surface area contributed by atoms with Crippen molar-refractivity contribution in [1.29, 1.82) is 0 Å². The van der Waals surface area contributed by atoms with Gasteiger partial charge in [-0.25, -0.2) is 4.98 Å². The smallest absolute Gasteiger partial charge is 0.229 e. The molecule has 4 rings (SSSR count). The fraction of sp³-hybridized carbons (Fsp3) is 0.333. The average Bonchev–Trinajstić information content (AvgIpc) is 2.96. The number of methoxy groups -OCH3 is 1. The molecule has 0 fully saturated rings. The van der Waals surface area contributed by atoms with Crippen LogP contribution in [0.2, 0.25) is 5.02 Å². The summed E-state index contributed by atoms with van der Waals surface area (Å²) >= 11 is 6.39. The molecule has 2 aromatic carbocycles. The van der Waals surface area contributed by atoms with Crippen LogP contribution >= 0.6 is 18.7 Å². The van der Waals surface area contributed by atoms with E-state index >= 15 is 0 Å². The molecule has 33 heavy (non-hydrogen) atoms.